The van der Waals surface area contributed by atoms with Gasteiger partial charge in [0, 0.05) is 6.54 Å². The molecule has 2 nitrogen and oxygen atoms in total. The number of amides is 1. The zero-order valence-electron chi connectivity index (χ0n) is 5.61. The molecule has 0 unspecified atom stereocenters. The topological polar surface area (TPSA) is 29.1 Å². The van der Waals surface area contributed by atoms with Gasteiger partial charge in [0.05, 0.1) is 5.41 Å². The van der Waals surface area contributed by atoms with Gasteiger partial charge in [0.25, 0.3) is 0 Å². The molecular weight excluding hydrogens is 114 g/mol. The molecule has 0 aromatic carbocycles. The highest BCUT2D eigenvalue weighted by molar-refractivity contribution is 5.89. The maximum atomic E-state index is 10.9. The molecule has 1 N–H and O–H groups in total. The van der Waals surface area contributed by atoms with E-state index in [-0.39, 0.29) is 5.41 Å². The predicted molar refractivity (Wildman–Crippen MR) is 33.8 cm³/mol. The molecule has 2 aliphatic rings. The number of carbonyl (C=O) groups excluding carboxylic acids is 1. The maximum absolute atomic E-state index is 10.9. The van der Waals surface area contributed by atoms with Crippen LogP contribution in [0.5, 0.6) is 0 Å². The average molecular weight is 125 g/mol. The Balaban J connectivity index is 2.05. The fourth-order valence-corrected chi connectivity index (χ4v) is 2.01. The lowest BCUT2D eigenvalue weighted by atomic mass is 9.59. The minimum absolute atomic E-state index is 0.124. The van der Waals surface area contributed by atoms with Gasteiger partial charge in [-0.3, -0.25) is 4.79 Å². The third-order valence-corrected chi connectivity index (χ3v) is 2.55. The van der Waals surface area contributed by atoms with Crippen LogP contribution in [0.1, 0.15) is 19.8 Å². The minimum atomic E-state index is 0.124. The summed E-state index contributed by atoms with van der Waals surface area (Å²) in [5.41, 5.74) is 0.124. The van der Waals surface area contributed by atoms with Crippen molar-refractivity contribution < 1.29 is 4.79 Å². The SMILES string of the molecule is CC1CC2(CNC2=O)C1. The lowest BCUT2D eigenvalue weighted by molar-refractivity contribution is -0.150. The second-order valence-electron chi connectivity index (χ2n) is 3.48. The average Bonchev–Trinajstić information content (AvgIpc) is 1.77. The zero-order chi connectivity index (χ0) is 6.48. The molecule has 1 heterocycles. The summed E-state index contributed by atoms with van der Waals surface area (Å²) in [6.07, 6.45) is 2.25. The maximum Gasteiger partial charge on any atom is 0.228 e. The lowest BCUT2D eigenvalue weighted by Crippen LogP contribution is -2.64. The number of carbonyl (C=O) groups is 1. The van der Waals surface area contributed by atoms with Gasteiger partial charge in [-0.05, 0) is 18.8 Å². The smallest absolute Gasteiger partial charge is 0.228 e. The number of nitrogens with one attached hydrogen (secondary N) is 1. The van der Waals surface area contributed by atoms with Crippen molar-refractivity contribution in [1.82, 2.24) is 5.32 Å². The number of β-lactam (4-membered cyclic amide) rings is 1. The molecule has 1 amide bonds. The monoisotopic (exact) mass is 125 g/mol. The van der Waals surface area contributed by atoms with Gasteiger partial charge in [-0.2, -0.15) is 0 Å². The van der Waals surface area contributed by atoms with Crippen LogP contribution in [0.15, 0.2) is 0 Å². The molecular formula is C7H11NO. The molecule has 0 atom stereocenters. The van der Waals surface area contributed by atoms with Crippen LogP contribution < -0.4 is 5.32 Å². The second-order valence-corrected chi connectivity index (χ2v) is 3.48. The van der Waals surface area contributed by atoms with Gasteiger partial charge < -0.3 is 5.32 Å². The summed E-state index contributed by atoms with van der Waals surface area (Å²) < 4.78 is 0. The van der Waals surface area contributed by atoms with E-state index in [1.165, 1.54) is 0 Å². The van der Waals surface area contributed by atoms with Gasteiger partial charge in [-0.25, -0.2) is 0 Å². The van der Waals surface area contributed by atoms with Gasteiger partial charge in [0.1, 0.15) is 0 Å². The van der Waals surface area contributed by atoms with Crippen molar-refractivity contribution in [3.8, 4) is 0 Å². The molecule has 50 valence electrons. The minimum Gasteiger partial charge on any atom is -0.354 e. The Bertz CT molecular complexity index is 158. The van der Waals surface area contributed by atoms with Crippen molar-refractivity contribution in [2.45, 2.75) is 19.8 Å². The van der Waals surface area contributed by atoms with E-state index in [1.54, 1.807) is 0 Å². The standard InChI is InChI=1S/C7H11NO/c1-5-2-7(3-5)4-8-6(7)9/h5H,2-4H2,1H3,(H,8,9). The summed E-state index contributed by atoms with van der Waals surface area (Å²) in [5.74, 6) is 1.08. The fraction of sp³-hybridized carbons (Fsp3) is 0.857. The molecule has 1 aliphatic carbocycles. The fourth-order valence-electron chi connectivity index (χ4n) is 2.01. The Morgan fingerprint density at radius 1 is 1.67 bits per heavy atom. The molecule has 2 fully saturated rings. The van der Waals surface area contributed by atoms with Crippen LogP contribution in [0.4, 0.5) is 0 Å². The molecule has 9 heavy (non-hydrogen) atoms. The molecule has 0 bridgehead atoms. The Labute approximate surface area is 54.6 Å². The first-order chi connectivity index (χ1) is 4.23. The summed E-state index contributed by atoms with van der Waals surface area (Å²) in [6.45, 7) is 3.15. The Kier molecular flexibility index (Phi) is 0.765. The summed E-state index contributed by atoms with van der Waals surface area (Å²) in [5, 5.41) is 2.78. The van der Waals surface area contributed by atoms with Gasteiger partial charge in [0.2, 0.25) is 5.91 Å². The first-order valence-corrected chi connectivity index (χ1v) is 3.51. The normalized spacial score (nSPS) is 47.7. The molecule has 0 radical (unpaired) electrons. The van der Waals surface area contributed by atoms with Gasteiger partial charge in [0.15, 0.2) is 0 Å². The molecule has 1 saturated carbocycles. The van der Waals surface area contributed by atoms with Crippen molar-refractivity contribution in [1.29, 1.82) is 0 Å². The quantitative estimate of drug-likeness (QED) is 0.470. The Morgan fingerprint density at radius 2 is 2.33 bits per heavy atom. The zero-order valence-corrected chi connectivity index (χ0v) is 5.61. The van der Waals surface area contributed by atoms with E-state index < -0.39 is 0 Å². The third kappa shape index (κ3) is 0.485. The van der Waals surface area contributed by atoms with Gasteiger partial charge >= 0.3 is 0 Å². The summed E-state index contributed by atoms with van der Waals surface area (Å²) in [7, 11) is 0. The summed E-state index contributed by atoms with van der Waals surface area (Å²) in [6, 6.07) is 0. The number of rotatable bonds is 0. The largest absolute Gasteiger partial charge is 0.354 e. The molecule has 0 aromatic rings. The molecule has 2 rings (SSSR count). The highest BCUT2D eigenvalue weighted by atomic mass is 16.2. The molecule has 1 spiro atoms. The van der Waals surface area contributed by atoms with Crippen LogP contribution in [-0.4, -0.2) is 12.5 Å². The van der Waals surface area contributed by atoms with Crippen molar-refractivity contribution in [2.75, 3.05) is 6.54 Å². The van der Waals surface area contributed by atoms with Crippen LogP contribution >= 0.6 is 0 Å². The summed E-state index contributed by atoms with van der Waals surface area (Å²) in [4.78, 5) is 10.9. The number of hydrogen-bond donors (Lipinski definition) is 1. The van der Waals surface area contributed by atoms with Crippen molar-refractivity contribution in [2.24, 2.45) is 11.3 Å². The Hall–Kier alpha value is -0.530. The van der Waals surface area contributed by atoms with E-state index in [0.717, 1.165) is 25.3 Å². The number of hydrogen-bond acceptors (Lipinski definition) is 1. The highest BCUT2D eigenvalue weighted by Crippen LogP contribution is 2.48. The van der Waals surface area contributed by atoms with Crippen molar-refractivity contribution >= 4 is 5.91 Å². The van der Waals surface area contributed by atoms with Gasteiger partial charge in [-0.1, -0.05) is 6.92 Å². The van der Waals surface area contributed by atoms with E-state index >= 15 is 0 Å². The van der Waals surface area contributed by atoms with Crippen LogP contribution in [-0.2, 0) is 4.79 Å². The predicted octanol–water partition coefficient (Wildman–Crippen LogP) is 0.532. The lowest BCUT2D eigenvalue weighted by Gasteiger charge is -2.51. The summed E-state index contributed by atoms with van der Waals surface area (Å²) >= 11 is 0. The van der Waals surface area contributed by atoms with Crippen LogP contribution in [0.25, 0.3) is 0 Å². The molecule has 0 aromatic heterocycles. The van der Waals surface area contributed by atoms with E-state index in [1.807, 2.05) is 0 Å². The van der Waals surface area contributed by atoms with E-state index in [0.29, 0.717) is 5.91 Å². The van der Waals surface area contributed by atoms with Gasteiger partial charge in [-0.15, -0.1) is 0 Å². The van der Waals surface area contributed by atoms with Crippen LogP contribution in [0, 0.1) is 11.3 Å². The van der Waals surface area contributed by atoms with Crippen LogP contribution in [0.3, 0.4) is 0 Å². The first kappa shape index (κ1) is 5.27. The van der Waals surface area contributed by atoms with Crippen molar-refractivity contribution in [3.05, 3.63) is 0 Å². The Morgan fingerprint density at radius 3 is 2.44 bits per heavy atom. The second kappa shape index (κ2) is 1.31. The third-order valence-electron chi connectivity index (χ3n) is 2.55. The highest BCUT2D eigenvalue weighted by Gasteiger charge is 2.53. The molecule has 1 saturated heterocycles. The molecule has 2 heteroatoms. The molecule has 1 aliphatic heterocycles. The van der Waals surface area contributed by atoms with E-state index in [2.05, 4.69) is 12.2 Å². The first-order valence-electron chi connectivity index (χ1n) is 3.51. The van der Waals surface area contributed by atoms with E-state index in [9.17, 15) is 4.79 Å². The van der Waals surface area contributed by atoms with Crippen molar-refractivity contribution in [3.63, 3.8) is 0 Å². The van der Waals surface area contributed by atoms with E-state index in [4.69, 9.17) is 0 Å². The van der Waals surface area contributed by atoms with Crippen LogP contribution in [0.2, 0.25) is 0 Å².